The van der Waals surface area contributed by atoms with E-state index in [2.05, 4.69) is 16.9 Å². The summed E-state index contributed by atoms with van der Waals surface area (Å²) in [7, 11) is 1.65. The predicted octanol–water partition coefficient (Wildman–Crippen LogP) is 4.84. The second kappa shape index (κ2) is 10.5. The Morgan fingerprint density at radius 2 is 1.94 bits per heavy atom. The lowest BCUT2D eigenvalue weighted by atomic mass is 10.0. The Morgan fingerprint density at radius 1 is 1.11 bits per heavy atom. The van der Waals surface area contributed by atoms with Crippen LogP contribution in [0, 0.1) is 6.92 Å². The van der Waals surface area contributed by atoms with Gasteiger partial charge in [-0.3, -0.25) is 4.79 Å². The number of rotatable bonds is 10. The number of aromatic nitrogens is 1. The number of aromatic amines is 1. The van der Waals surface area contributed by atoms with Gasteiger partial charge in [-0.25, -0.2) is 4.79 Å². The maximum Gasteiger partial charge on any atom is 0.336 e. The molecular formula is C28H30N2O5. The lowest BCUT2D eigenvalue weighted by molar-refractivity contribution is -0.121. The zero-order chi connectivity index (χ0) is 24.9. The molecule has 0 aliphatic rings. The Morgan fingerprint density at radius 3 is 2.71 bits per heavy atom. The monoisotopic (exact) mass is 474 g/mol. The van der Waals surface area contributed by atoms with E-state index < -0.39 is 5.63 Å². The number of nitrogens with one attached hydrogen (secondary N) is 2. The maximum atomic E-state index is 12.6. The van der Waals surface area contributed by atoms with Gasteiger partial charge in [0.25, 0.3) is 0 Å². The van der Waals surface area contributed by atoms with Crippen LogP contribution in [0.25, 0.3) is 21.9 Å². The van der Waals surface area contributed by atoms with Crippen molar-refractivity contribution in [3.05, 3.63) is 81.9 Å². The first-order valence-electron chi connectivity index (χ1n) is 11.6. The third-order valence-corrected chi connectivity index (χ3v) is 5.92. The second-order valence-corrected chi connectivity index (χ2v) is 8.78. The molecule has 182 valence electrons. The molecule has 0 unspecified atom stereocenters. The fourth-order valence-corrected chi connectivity index (χ4v) is 4.09. The normalized spacial score (nSPS) is 11.1. The van der Waals surface area contributed by atoms with Crippen molar-refractivity contribution in [2.45, 2.75) is 33.1 Å². The van der Waals surface area contributed by atoms with Crippen LogP contribution in [0.2, 0.25) is 0 Å². The van der Waals surface area contributed by atoms with E-state index in [1.807, 2.05) is 44.3 Å². The van der Waals surface area contributed by atoms with E-state index in [0.717, 1.165) is 44.3 Å². The smallest absolute Gasteiger partial charge is 0.336 e. The molecule has 35 heavy (non-hydrogen) atoms. The van der Waals surface area contributed by atoms with Gasteiger partial charge in [-0.05, 0) is 73.2 Å². The van der Waals surface area contributed by atoms with Crippen molar-refractivity contribution in [2.75, 3.05) is 20.3 Å². The quantitative estimate of drug-likeness (QED) is 0.253. The molecule has 2 aromatic heterocycles. The van der Waals surface area contributed by atoms with E-state index in [9.17, 15) is 9.59 Å². The number of H-pyrrole nitrogens is 1. The van der Waals surface area contributed by atoms with Crippen LogP contribution in [0.4, 0.5) is 0 Å². The maximum absolute atomic E-state index is 12.6. The molecule has 2 aromatic carbocycles. The summed E-state index contributed by atoms with van der Waals surface area (Å²) in [5.41, 5.74) is 4.81. The van der Waals surface area contributed by atoms with Gasteiger partial charge in [0.15, 0.2) is 0 Å². The van der Waals surface area contributed by atoms with Gasteiger partial charge in [0.2, 0.25) is 5.91 Å². The van der Waals surface area contributed by atoms with Crippen molar-refractivity contribution in [2.24, 2.45) is 0 Å². The molecule has 0 atom stereocenters. The molecule has 0 bridgehead atoms. The molecule has 0 saturated heterocycles. The Hall–Kier alpha value is -4.00. The zero-order valence-electron chi connectivity index (χ0n) is 20.3. The Labute approximate surface area is 203 Å². The highest BCUT2D eigenvalue weighted by Crippen LogP contribution is 2.29. The van der Waals surface area contributed by atoms with Gasteiger partial charge in [-0.1, -0.05) is 6.58 Å². The molecule has 0 radical (unpaired) electrons. The third kappa shape index (κ3) is 5.74. The summed E-state index contributed by atoms with van der Waals surface area (Å²) in [5.74, 6) is 1.36. The highest BCUT2D eigenvalue weighted by atomic mass is 16.5. The molecule has 7 nitrogen and oxygen atoms in total. The Bertz CT molecular complexity index is 1450. The van der Waals surface area contributed by atoms with Crippen LogP contribution in [-0.4, -0.2) is 31.2 Å². The standard InChI is InChI=1S/C28H30N2O5/c1-17(2)16-34-25-14-26-22(18(3)11-28(32)35-26)12-19(25)5-8-27(31)29-10-9-20-15-30-24-7-6-21(33-4)13-23(20)24/h6-7,11-15,30H,1,5,8-10,16H2,2-4H3,(H,29,31). The highest BCUT2D eigenvalue weighted by Gasteiger charge is 2.13. The van der Waals surface area contributed by atoms with Crippen LogP contribution in [-0.2, 0) is 17.6 Å². The van der Waals surface area contributed by atoms with E-state index >= 15 is 0 Å². The van der Waals surface area contributed by atoms with Gasteiger partial charge in [0, 0.05) is 47.6 Å². The van der Waals surface area contributed by atoms with Crippen molar-refractivity contribution in [1.82, 2.24) is 10.3 Å². The molecule has 2 heterocycles. The first kappa shape index (κ1) is 24.1. The number of amides is 1. The summed E-state index contributed by atoms with van der Waals surface area (Å²) in [6.45, 7) is 8.49. The largest absolute Gasteiger partial charge is 0.497 e. The summed E-state index contributed by atoms with van der Waals surface area (Å²) in [5, 5.41) is 4.94. The number of ether oxygens (including phenoxy) is 2. The average Bonchev–Trinajstić information content (AvgIpc) is 3.23. The molecule has 7 heteroatoms. The van der Waals surface area contributed by atoms with E-state index in [-0.39, 0.29) is 5.91 Å². The van der Waals surface area contributed by atoms with Gasteiger partial charge >= 0.3 is 5.63 Å². The van der Waals surface area contributed by atoms with Crippen LogP contribution in [0.5, 0.6) is 11.5 Å². The number of methoxy groups -OCH3 is 1. The molecular weight excluding hydrogens is 444 g/mol. The summed E-state index contributed by atoms with van der Waals surface area (Å²) >= 11 is 0. The van der Waals surface area contributed by atoms with E-state index in [0.29, 0.717) is 43.7 Å². The van der Waals surface area contributed by atoms with Gasteiger partial charge in [0.1, 0.15) is 23.7 Å². The first-order chi connectivity index (χ1) is 16.8. The van der Waals surface area contributed by atoms with Gasteiger partial charge in [-0.2, -0.15) is 0 Å². The van der Waals surface area contributed by atoms with E-state index in [1.54, 1.807) is 13.2 Å². The Kier molecular flexibility index (Phi) is 7.25. The molecule has 2 N–H and O–H groups in total. The van der Waals surface area contributed by atoms with Crippen LogP contribution < -0.4 is 20.4 Å². The molecule has 0 fully saturated rings. The van der Waals surface area contributed by atoms with E-state index in [4.69, 9.17) is 13.9 Å². The number of fused-ring (bicyclic) bond motifs is 2. The van der Waals surface area contributed by atoms with Crippen LogP contribution in [0.3, 0.4) is 0 Å². The Balaban J connectivity index is 1.41. The number of carbonyl (C=O) groups is 1. The van der Waals surface area contributed by atoms with Gasteiger partial charge in [0.05, 0.1) is 7.11 Å². The van der Waals surface area contributed by atoms with Crippen LogP contribution in [0.1, 0.15) is 30.0 Å². The summed E-state index contributed by atoms with van der Waals surface area (Å²) in [4.78, 5) is 27.7. The zero-order valence-corrected chi connectivity index (χ0v) is 20.3. The molecule has 1 amide bonds. The SMILES string of the molecule is C=C(C)COc1cc2oc(=O)cc(C)c2cc1CCC(=O)NCCc1c[nH]c2ccc(OC)cc12. The molecule has 0 spiro atoms. The minimum atomic E-state index is -0.401. The van der Waals surface area contributed by atoms with Crippen molar-refractivity contribution in [3.63, 3.8) is 0 Å². The predicted molar refractivity (Wildman–Crippen MR) is 137 cm³/mol. The van der Waals surface area contributed by atoms with Crippen LogP contribution >= 0.6 is 0 Å². The number of carbonyl (C=O) groups excluding carboxylic acids is 1. The van der Waals surface area contributed by atoms with E-state index in [1.165, 1.54) is 6.07 Å². The summed E-state index contributed by atoms with van der Waals surface area (Å²) in [6, 6.07) is 11.0. The number of hydrogen-bond acceptors (Lipinski definition) is 5. The first-order valence-corrected chi connectivity index (χ1v) is 11.6. The lowest BCUT2D eigenvalue weighted by Gasteiger charge is -2.13. The fourth-order valence-electron chi connectivity index (χ4n) is 4.09. The van der Waals surface area contributed by atoms with Crippen molar-refractivity contribution < 1.29 is 18.7 Å². The topological polar surface area (TPSA) is 93.6 Å². The molecule has 4 rings (SSSR count). The van der Waals surface area contributed by atoms with Crippen molar-refractivity contribution in [1.29, 1.82) is 0 Å². The number of benzene rings is 2. The molecule has 4 aromatic rings. The molecule has 0 aliphatic heterocycles. The van der Waals surface area contributed by atoms with Crippen LogP contribution in [0.15, 0.2) is 64.0 Å². The minimum Gasteiger partial charge on any atom is -0.497 e. The number of aryl methyl sites for hydroxylation is 2. The summed E-state index contributed by atoms with van der Waals surface area (Å²) in [6.07, 6.45) is 3.49. The third-order valence-electron chi connectivity index (χ3n) is 5.92. The average molecular weight is 475 g/mol. The van der Waals surface area contributed by atoms with Crippen molar-refractivity contribution in [3.8, 4) is 11.5 Å². The van der Waals surface area contributed by atoms with Gasteiger partial charge < -0.3 is 24.2 Å². The second-order valence-electron chi connectivity index (χ2n) is 8.78. The van der Waals surface area contributed by atoms with Crippen molar-refractivity contribution >= 4 is 27.8 Å². The highest BCUT2D eigenvalue weighted by molar-refractivity contribution is 5.85. The lowest BCUT2D eigenvalue weighted by Crippen LogP contribution is -2.25. The summed E-state index contributed by atoms with van der Waals surface area (Å²) < 4.78 is 16.6. The fraction of sp³-hybridized carbons (Fsp3) is 0.286. The minimum absolute atomic E-state index is 0.0373. The molecule has 0 saturated carbocycles. The number of hydrogen-bond donors (Lipinski definition) is 2. The molecule has 0 aliphatic carbocycles. The van der Waals surface area contributed by atoms with Gasteiger partial charge in [-0.15, -0.1) is 0 Å².